The van der Waals surface area contributed by atoms with Crippen LogP contribution in [-0.4, -0.2) is 21.9 Å². The van der Waals surface area contributed by atoms with Gasteiger partial charge < -0.3 is 9.47 Å². The van der Waals surface area contributed by atoms with Gasteiger partial charge in [0.2, 0.25) is 0 Å². The van der Waals surface area contributed by atoms with Crippen molar-refractivity contribution in [2.45, 2.75) is 19.8 Å². The minimum atomic E-state index is -0.291. The number of aromatic nitrogens is 2. The number of fused-ring (bicyclic) bond motifs is 3. The zero-order valence-electron chi connectivity index (χ0n) is 13.2. The van der Waals surface area contributed by atoms with Gasteiger partial charge in [-0.3, -0.25) is 0 Å². The summed E-state index contributed by atoms with van der Waals surface area (Å²) in [5.74, 6) is 0.333. The lowest BCUT2D eigenvalue weighted by molar-refractivity contribution is 0.0531. The Hall–Kier alpha value is -1.77. The molecular formula is C17H13BrN2O3S2. The lowest BCUT2D eigenvalue weighted by Gasteiger charge is -2.14. The van der Waals surface area contributed by atoms with Gasteiger partial charge in [0.25, 0.3) is 0 Å². The van der Waals surface area contributed by atoms with E-state index < -0.39 is 0 Å². The second-order valence-corrected chi connectivity index (χ2v) is 7.99. The summed E-state index contributed by atoms with van der Waals surface area (Å²) < 4.78 is 16.4. The number of carbonyl (C=O) groups excluding carboxylic acids is 1. The molecule has 0 spiro atoms. The van der Waals surface area contributed by atoms with Crippen molar-refractivity contribution in [2.75, 3.05) is 6.61 Å². The molecule has 0 bridgehead atoms. The maximum absolute atomic E-state index is 12.4. The summed E-state index contributed by atoms with van der Waals surface area (Å²) in [6.07, 6.45) is 5.21. The summed E-state index contributed by atoms with van der Waals surface area (Å²) in [7, 11) is 0. The fraction of sp³-hybridized carbons (Fsp3) is 0.235. The Morgan fingerprint density at radius 3 is 2.96 bits per heavy atom. The van der Waals surface area contributed by atoms with Crippen LogP contribution in [0.4, 0.5) is 0 Å². The molecule has 1 aliphatic carbocycles. The van der Waals surface area contributed by atoms with Gasteiger partial charge in [0, 0.05) is 6.20 Å². The van der Waals surface area contributed by atoms with Crippen LogP contribution in [0.5, 0.6) is 10.8 Å². The van der Waals surface area contributed by atoms with Gasteiger partial charge in [-0.2, -0.15) is 0 Å². The summed E-state index contributed by atoms with van der Waals surface area (Å²) >= 11 is 6.08. The molecule has 3 aromatic rings. The van der Waals surface area contributed by atoms with Crippen LogP contribution in [0.25, 0.3) is 10.4 Å². The Labute approximate surface area is 160 Å². The molecular weight excluding hydrogens is 424 g/mol. The predicted octanol–water partition coefficient (Wildman–Crippen LogP) is 5.10. The smallest absolute Gasteiger partial charge is 0.348 e. The number of rotatable bonds is 4. The molecule has 3 aromatic heterocycles. The lowest BCUT2D eigenvalue weighted by atomic mass is 9.93. The fourth-order valence-corrected chi connectivity index (χ4v) is 5.06. The van der Waals surface area contributed by atoms with E-state index in [0.29, 0.717) is 22.3 Å². The molecule has 0 amide bonds. The summed E-state index contributed by atoms with van der Waals surface area (Å²) in [4.78, 5) is 18.3. The normalized spacial score (nSPS) is 12.4. The number of ether oxygens (including phenoxy) is 2. The number of esters is 1. The molecule has 0 atom stereocenters. The van der Waals surface area contributed by atoms with Crippen LogP contribution in [-0.2, 0) is 17.6 Å². The average Bonchev–Trinajstić information content (AvgIpc) is 3.21. The first-order chi connectivity index (χ1) is 12.2. The fourth-order valence-electron chi connectivity index (χ4n) is 2.78. The third-order valence-electron chi connectivity index (χ3n) is 3.86. The number of halogens is 1. The Bertz CT molecular complexity index is 934. The number of nitrogens with zero attached hydrogens (tertiary/aromatic N) is 2. The topological polar surface area (TPSA) is 61.3 Å². The number of carbonyl (C=O) groups is 1. The van der Waals surface area contributed by atoms with Crippen LogP contribution in [0.3, 0.4) is 0 Å². The van der Waals surface area contributed by atoms with Crippen molar-refractivity contribution in [3.8, 4) is 21.3 Å². The van der Waals surface area contributed by atoms with Crippen LogP contribution in [0.15, 0.2) is 29.1 Å². The van der Waals surface area contributed by atoms with Crippen LogP contribution in [0.1, 0.15) is 27.7 Å². The van der Waals surface area contributed by atoms with Gasteiger partial charge in [0.1, 0.15) is 15.2 Å². The molecule has 8 heteroatoms. The molecule has 0 saturated heterocycles. The van der Waals surface area contributed by atoms with Gasteiger partial charge >= 0.3 is 5.97 Å². The van der Waals surface area contributed by atoms with Crippen molar-refractivity contribution in [1.29, 1.82) is 0 Å². The van der Waals surface area contributed by atoms with E-state index in [1.807, 2.05) is 25.3 Å². The maximum atomic E-state index is 12.4. The molecule has 128 valence electrons. The second kappa shape index (κ2) is 6.86. The molecule has 3 heterocycles. The van der Waals surface area contributed by atoms with Crippen molar-refractivity contribution in [3.63, 3.8) is 0 Å². The van der Waals surface area contributed by atoms with Crippen molar-refractivity contribution in [3.05, 3.63) is 45.1 Å². The van der Waals surface area contributed by atoms with Crippen LogP contribution in [0.2, 0.25) is 0 Å². The van der Waals surface area contributed by atoms with Gasteiger partial charge in [-0.25, -0.2) is 14.2 Å². The molecule has 0 fully saturated rings. The Morgan fingerprint density at radius 2 is 2.20 bits per heavy atom. The average molecular weight is 437 g/mol. The number of pyridine rings is 1. The van der Waals surface area contributed by atoms with Crippen molar-refractivity contribution in [2.24, 2.45) is 0 Å². The highest BCUT2D eigenvalue weighted by Gasteiger charge is 2.31. The highest BCUT2D eigenvalue weighted by Crippen LogP contribution is 2.50. The van der Waals surface area contributed by atoms with Crippen LogP contribution < -0.4 is 4.74 Å². The van der Waals surface area contributed by atoms with Crippen LogP contribution >= 0.6 is 38.8 Å². The van der Waals surface area contributed by atoms with E-state index in [9.17, 15) is 4.79 Å². The molecule has 0 N–H and O–H groups in total. The van der Waals surface area contributed by atoms with E-state index in [-0.39, 0.29) is 5.97 Å². The van der Waals surface area contributed by atoms with E-state index in [1.165, 1.54) is 28.4 Å². The van der Waals surface area contributed by atoms with Gasteiger partial charge in [-0.1, -0.05) is 11.3 Å². The summed E-state index contributed by atoms with van der Waals surface area (Å²) in [6, 6.07) is 3.66. The van der Waals surface area contributed by atoms with Crippen LogP contribution in [0, 0.1) is 0 Å². The second-order valence-electron chi connectivity index (χ2n) is 5.39. The first-order valence-corrected chi connectivity index (χ1v) is 10.1. The first-order valence-electron chi connectivity index (χ1n) is 7.73. The molecule has 0 radical (unpaired) electrons. The number of hydrogen-bond acceptors (Lipinski definition) is 7. The molecule has 5 nitrogen and oxygen atoms in total. The highest BCUT2D eigenvalue weighted by molar-refractivity contribution is 9.10. The molecule has 25 heavy (non-hydrogen) atoms. The SMILES string of the molecule is CCOC(=O)c1sc(Oc2ccc(Br)nc2)c2c1CCc1cnsc1-2. The van der Waals surface area contributed by atoms with Gasteiger partial charge in [0.15, 0.2) is 5.06 Å². The minimum Gasteiger partial charge on any atom is -0.462 e. The molecule has 0 aliphatic heterocycles. The third-order valence-corrected chi connectivity index (χ3v) is 6.28. The molecule has 0 saturated carbocycles. The van der Waals surface area contributed by atoms with E-state index in [1.54, 1.807) is 6.20 Å². The number of thiophene rings is 1. The first kappa shape index (κ1) is 16.7. The van der Waals surface area contributed by atoms with Crippen molar-refractivity contribution >= 4 is 44.8 Å². The Balaban J connectivity index is 1.81. The lowest BCUT2D eigenvalue weighted by Crippen LogP contribution is -2.08. The molecule has 0 unspecified atom stereocenters. The molecule has 1 aliphatic rings. The maximum Gasteiger partial charge on any atom is 0.348 e. The summed E-state index contributed by atoms with van der Waals surface area (Å²) in [5.41, 5.74) is 3.17. The van der Waals surface area contributed by atoms with E-state index in [0.717, 1.165) is 33.4 Å². The zero-order valence-corrected chi connectivity index (χ0v) is 16.5. The van der Waals surface area contributed by atoms with Crippen molar-refractivity contribution in [1.82, 2.24) is 9.36 Å². The highest BCUT2D eigenvalue weighted by atomic mass is 79.9. The standard InChI is InChI=1S/C17H13BrN2O3S2/c1-2-22-16(21)15-11-5-3-9-7-20-25-14(9)13(11)17(24-15)23-10-4-6-12(18)19-8-10/h4,6-8H,2-3,5H2,1H3. The number of aryl methyl sites for hydroxylation is 1. The predicted molar refractivity (Wildman–Crippen MR) is 101 cm³/mol. The largest absolute Gasteiger partial charge is 0.462 e. The summed E-state index contributed by atoms with van der Waals surface area (Å²) in [6.45, 7) is 2.16. The minimum absolute atomic E-state index is 0.291. The zero-order chi connectivity index (χ0) is 17.4. The van der Waals surface area contributed by atoms with E-state index in [2.05, 4.69) is 25.3 Å². The van der Waals surface area contributed by atoms with Gasteiger partial charge in [-0.05, 0) is 70.5 Å². The Kier molecular flexibility index (Phi) is 4.58. The number of hydrogen-bond donors (Lipinski definition) is 0. The van der Waals surface area contributed by atoms with Crippen molar-refractivity contribution < 1.29 is 14.3 Å². The van der Waals surface area contributed by atoms with Gasteiger partial charge in [-0.15, -0.1) is 0 Å². The quantitative estimate of drug-likeness (QED) is 0.420. The third kappa shape index (κ3) is 3.09. The van der Waals surface area contributed by atoms with Gasteiger partial charge in [0.05, 0.1) is 23.2 Å². The molecule has 4 rings (SSSR count). The summed E-state index contributed by atoms with van der Waals surface area (Å²) in [5, 5.41) is 0.687. The monoisotopic (exact) mass is 436 g/mol. The Morgan fingerprint density at radius 1 is 1.32 bits per heavy atom. The van der Waals surface area contributed by atoms with E-state index >= 15 is 0 Å². The molecule has 0 aromatic carbocycles. The van der Waals surface area contributed by atoms with E-state index in [4.69, 9.17) is 9.47 Å².